The lowest BCUT2D eigenvalue weighted by Gasteiger charge is -2.12. The molecule has 1 aromatic heterocycles. The summed E-state index contributed by atoms with van der Waals surface area (Å²) < 4.78 is 7.65. The minimum absolute atomic E-state index is 0.171. The van der Waals surface area contributed by atoms with Crippen LogP contribution < -0.4 is 4.74 Å². The van der Waals surface area contributed by atoms with Crippen molar-refractivity contribution in [2.75, 3.05) is 0 Å². The number of fused-ring (bicyclic) bond motifs is 1. The predicted octanol–water partition coefficient (Wildman–Crippen LogP) is 3.48. The quantitative estimate of drug-likeness (QED) is 0.810. The average Bonchev–Trinajstić information content (AvgIpc) is 2.58. The summed E-state index contributed by atoms with van der Waals surface area (Å²) in [6, 6.07) is 4.18. The van der Waals surface area contributed by atoms with Crippen molar-refractivity contribution in [1.29, 1.82) is 0 Å². The fourth-order valence-corrected chi connectivity index (χ4v) is 2.07. The molecule has 2 aromatic rings. The summed E-state index contributed by atoms with van der Waals surface area (Å²) in [5, 5.41) is 5.70. The standard InChI is InChI=1S/C14H20N2O/c1-9(2)11-6-7-13(17-10(3)4)14-12(11)8-16(5)15-14/h6-10H,1-5H3. The molecule has 0 atom stereocenters. The number of nitrogens with zero attached hydrogens (tertiary/aromatic N) is 2. The fraction of sp³-hybridized carbons (Fsp3) is 0.500. The van der Waals surface area contributed by atoms with Crippen molar-refractivity contribution in [2.24, 2.45) is 7.05 Å². The maximum absolute atomic E-state index is 5.80. The molecule has 3 nitrogen and oxygen atoms in total. The first-order valence-electron chi connectivity index (χ1n) is 6.12. The fourth-order valence-electron chi connectivity index (χ4n) is 2.07. The smallest absolute Gasteiger partial charge is 0.147 e. The first-order chi connectivity index (χ1) is 7.99. The molecule has 0 saturated heterocycles. The summed E-state index contributed by atoms with van der Waals surface area (Å²) >= 11 is 0. The molecular formula is C14H20N2O. The lowest BCUT2D eigenvalue weighted by atomic mass is 9.99. The van der Waals surface area contributed by atoms with E-state index in [4.69, 9.17) is 4.74 Å². The summed E-state index contributed by atoms with van der Waals surface area (Å²) in [4.78, 5) is 0. The van der Waals surface area contributed by atoms with E-state index < -0.39 is 0 Å². The molecule has 0 aliphatic heterocycles. The van der Waals surface area contributed by atoms with Crippen LogP contribution in [0.25, 0.3) is 10.9 Å². The van der Waals surface area contributed by atoms with Gasteiger partial charge in [0.2, 0.25) is 0 Å². The highest BCUT2D eigenvalue weighted by Crippen LogP contribution is 2.31. The second kappa shape index (κ2) is 4.40. The molecule has 0 aliphatic rings. The molecule has 0 amide bonds. The highest BCUT2D eigenvalue weighted by Gasteiger charge is 2.13. The summed E-state index contributed by atoms with van der Waals surface area (Å²) in [6.07, 6.45) is 2.24. The Hall–Kier alpha value is -1.51. The minimum atomic E-state index is 0.171. The van der Waals surface area contributed by atoms with Crippen molar-refractivity contribution in [3.63, 3.8) is 0 Å². The molecule has 1 heterocycles. The first-order valence-corrected chi connectivity index (χ1v) is 6.12. The number of aromatic nitrogens is 2. The van der Waals surface area contributed by atoms with Gasteiger partial charge in [-0.05, 0) is 31.4 Å². The molecule has 0 bridgehead atoms. The lowest BCUT2D eigenvalue weighted by Crippen LogP contribution is -2.06. The van der Waals surface area contributed by atoms with Crippen LogP contribution in [0, 0.1) is 0 Å². The summed E-state index contributed by atoms with van der Waals surface area (Å²) in [5.41, 5.74) is 2.29. The Balaban J connectivity index is 2.61. The Kier molecular flexibility index (Phi) is 3.09. The van der Waals surface area contributed by atoms with Crippen molar-refractivity contribution < 1.29 is 4.74 Å². The van der Waals surface area contributed by atoms with Crippen LogP contribution in [0.4, 0.5) is 0 Å². The molecular weight excluding hydrogens is 212 g/mol. The van der Waals surface area contributed by atoms with E-state index in [9.17, 15) is 0 Å². The number of aryl methyl sites for hydroxylation is 1. The number of rotatable bonds is 3. The molecule has 0 fully saturated rings. The van der Waals surface area contributed by atoms with Crippen LogP contribution in [-0.4, -0.2) is 15.9 Å². The van der Waals surface area contributed by atoms with Gasteiger partial charge in [0.15, 0.2) is 0 Å². The lowest BCUT2D eigenvalue weighted by molar-refractivity contribution is 0.245. The SMILES string of the molecule is CC(C)Oc1ccc(C(C)C)c2cn(C)nc12. The van der Waals surface area contributed by atoms with Gasteiger partial charge in [0, 0.05) is 18.6 Å². The zero-order valence-corrected chi connectivity index (χ0v) is 11.2. The molecule has 92 valence electrons. The van der Waals surface area contributed by atoms with Gasteiger partial charge in [0.25, 0.3) is 0 Å². The molecule has 0 radical (unpaired) electrons. The van der Waals surface area contributed by atoms with E-state index in [1.165, 1.54) is 10.9 Å². The van der Waals surface area contributed by atoms with Crippen molar-refractivity contribution in [2.45, 2.75) is 39.7 Å². The molecule has 0 unspecified atom stereocenters. The summed E-state index contributed by atoms with van der Waals surface area (Å²) in [7, 11) is 1.95. The Bertz CT molecular complexity index is 526. The number of hydrogen-bond acceptors (Lipinski definition) is 2. The van der Waals surface area contributed by atoms with Gasteiger partial charge in [-0.1, -0.05) is 19.9 Å². The van der Waals surface area contributed by atoms with Gasteiger partial charge in [-0.15, -0.1) is 0 Å². The van der Waals surface area contributed by atoms with Gasteiger partial charge in [-0.3, -0.25) is 4.68 Å². The van der Waals surface area contributed by atoms with Crippen LogP contribution in [0.2, 0.25) is 0 Å². The van der Waals surface area contributed by atoms with Crippen molar-refractivity contribution in [1.82, 2.24) is 9.78 Å². The molecule has 0 saturated carbocycles. The van der Waals surface area contributed by atoms with Crippen LogP contribution in [0.1, 0.15) is 39.2 Å². The second-order valence-electron chi connectivity index (χ2n) is 5.04. The molecule has 17 heavy (non-hydrogen) atoms. The van der Waals surface area contributed by atoms with Gasteiger partial charge >= 0.3 is 0 Å². The average molecular weight is 232 g/mol. The monoisotopic (exact) mass is 232 g/mol. The third-order valence-corrected chi connectivity index (χ3v) is 2.77. The Morgan fingerprint density at radius 1 is 1.18 bits per heavy atom. The summed E-state index contributed by atoms with van der Waals surface area (Å²) in [5.74, 6) is 1.37. The Labute approximate surface area is 102 Å². The van der Waals surface area contributed by atoms with Crippen molar-refractivity contribution in [3.8, 4) is 5.75 Å². The number of benzene rings is 1. The highest BCUT2D eigenvalue weighted by molar-refractivity contribution is 5.87. The maximum Gasteiger partial charge on any atom is 0.147 e. The Morgan fingerprint density at radius 2 is 1.88 bits per heavy atom. The van der Waals surface area contributed by atoms with Gasteiger partial charge in [-0.25, -0.2) is 0 Å². The second-order valence-corrected chi connectivity index (χ2v) is 5.04. The van der Waals surface area contributed by atoms with Crippen LogP contribution >= 0.6 is 0 Å². The van der Waals surface area contributed by atoms with Crippen LogP contribution in [-0.2, 0) is 7.05 Å². The van der Waals surface area contributed by atoms with E-state index in [-0.39, 0.29) is 6.10 Å². The summed E-state index contributed by atoms with van der Waals surface area (Å²) in [6.45, 7) is 8.46. The van der Waals surface area contributed by atoms with Crippen LogP contribution in [0.5, 0.6) is 5.75 Å². The minimum Gasteiger partial charge on any atom is -0.489 e. The topological polar surface area (TPSA) is 27.1 Å². The van der Waals surface area contributed by atoms with Crippen LogP contribution in [0.15, 0.2) is 18.3 Å². The van der Waals surface area contributed by atoms with Gasteiger partial charge in [0.05, 0.1) is 6.10 Å². The zero-order valence-electron chi connectivity index (χ0n) is 11.2. The third kappa shape index (κ3) is 2.28. The number of ether oxygens (including phenoxy) is 1. The van der Waals surface area contributed by atoms with Gasteiger partial charge in [-0.2, -0.15) is 5.10 Å². The molecule has 0 spiro atoms. The largest absolute Gasteiger partial charge is 0.489 e. The molecule has 0 N–H and O–H groups in total. The van der Waals surface area contributed by atoms with E-state index in [0.717, 1.165) is 11.3 Å². The van der Waals surface area contributed by atoms with E-state index in [1.807, 2.05) is 31.6 Å². The normalized spacial score (nSPS) is 11.7. The molecule has 0 aliphatic carbocycles. The van der Waals surface area contributed by atoms with E-state index in [2.05, 4.69) is 31.2 Å². The maximum atomic E-state index is 5.80. The van der Waals surface area contributed by atoms with Gasteiger partial charge in [0.1, 0.15) is 11.3 Å². The van der Waals surface area contributed by atoms with Crippen molar-refractivity contribution in [3.05, 3.63) is 23.9 Å². The van der Waals surface area contributed by atoms with E-state index in [0.29, 0.717) is 5.92 Å². The van der Waals surface area contributed by atoms with E-state index in [1.54, 1.807) is 0 Å². The highest BCUT2D eigenvalue weighted by atomic mass is 16.5. The molecule has 2 rings (SSSR count). The van der Waals surface area contributed by atoms with E-state index >= 15 is 0 Å². The van der Waals surface area contributed by atoms with Crippen molar-refractivity contribution >= 4 is 10.9 Å². The first kappa shape index (κ1) is 12.0. The predicted molar refractivity (Wildman–Crippen MR) is 70.6 cm³/mol. The molecule has 1 aromatic carbocycles. The van der Waals surface area contributed by atoms with Gasteiger partial charge < -0.3 is 4.74 Å². The zero-order chi connectivity index (χ0) is 12.6. The third-order valence-electron chi connectivity index (χ3n) is 2.77. The Morgan fingerprint density at radius 3 is 2.47 bits per heavy atom. The number of hydrogen-bond donors (Lipinski definition) is 0. The molecule has 3 heteroatoms. The van der Waals surface area contributed by atoms with Crippen LogP contribution in [0.3, 0.4) is 0 Å².